The zero-order valence-electron chi connectivity index (χ0n) is 14.0. The lowest BCUT2D eigenvalue weighted by Crippen LogP contribution is -2.22. The Morgan fingerprint density at radius 2 is 2.08 bits per heavy atom. The molecule has 1 amide bonds. The first kappa shape index (κ1) is 17.2. The van der Waals surface area contributed by atoms with E-state index in [1.807, 2.05) is 24.3 Å². The third-order valence-corrected chi connectivity index (χ3v) is 5.89. The number of nitrogens with one attached hydrogen (secondary N) is 1. The van der Waals surface area contributed by atoms with Crippen LogP contribution in [0.4, 0.5) is 0 Å². The fraction of sp³-hybridized carbons (Fsp3) is 0.211. The van der Waals surface area contributed by atoms with E-state index in [4.69, 9.17) is 0 Å². The van der Waals surface area contributed by atoms with E-state index in [1.54, 1.807) is 17.4 Å². The number of amides is 1. The molecule has 0 unspecified atom stereocenters. The van der Waals surface area contributed by atoms with Crippen molar-refractivity contribution < 1.29 is 4.79 Å². The Bertz CT molecular complexity index is 958. The minimum atomic E-state index is -0.126. The Morgan fingerprint density at radius 1 is 1.23 bits per heavy atom. The fourth-order valence-corrected chi connectivity index (χ4v) is 4.12. The van der Waals surface area contributed by atoms with E-state index in [-0.39, 0.29) is 5.91 Å². The van der Waals surface area contributed by atoms with Crippen LogP contribution in [0, 0.1) is 0 Å². The number of carbonyl (C=O) groups excluding carboxylic acids is 1. The number of rotatable bonds is 5. The van der Waals surface area contributed by atoms with Crippen molar-refractivity contribution in [3.8, 4) is 10.4 Å². The van der Waals surface area contributed by atoms with Gasteiger partial charge in [-0.1, -0.05) is 28.1 Å². The maximum absolute atomic E-state index is 12.1. The van der Waals surface area contributed by atoms with Gasteiger partial charge in [-0.05, 0) is 42.3 Å². The van der Waals surface area contributed by atoms with E-state index in [1.165, 1.54) is 10.4 Å². The van der Waals surface area contributed by atoms with Crippen molar-refractivity contribution in [2.45, 2.75) is 25.9 Å². The molecule has 3 aromatic rings. The molecule has 0 saturated heterocycles. The summed E-state index contributed by atoms with van der Waals surface area (Å²) < 4.78 is 3.15. The molecule has 7 heteroatoms. The Kier molecular flexibility index (Phi) is 4.99. The topological polar surface area (TPSA) is 59.8 Å². The molecule has 0 radical (unpaired) electrons. The SMILES string of the molecule is O=C(/C=C/c1ccc(-c2ccc(Br)cc2)s1)NCc1nnc2n1CCC2. The summed E-state index contributed by atoms with van der Waals surface area (Å²) in [5.41, 5.74) is 1.17. The summed E-state index contributed by atoms with van der Waals surface area (Å²) in [5.74, 6) is 1.72. The maximum atomic E-state index is 12.1. The van der Waals surface area contributed by atoms with Crippen molar-refractivity contribution in [3.63, 3.8) is 0 Å². The van der Waals surface area contributed by atoms with Crippen molar-refractivity contribution in [1.29, 1.82) is 0 Å². The van der Waals surface area contributed by atoms with Gasteiger partial charge in [0.25, 0.3) is 0 Å². The van der Waals surface area contributed by atoms with E-state index in [9.17, 15) is 4.79 Å². The van der Waals surface area contributed by atoms with E-state index < -0.39 is 0 Å². The number of aromatic nitrogens is 3. The molecule has 2 aromatic heterocycles. The summed E-state index contributed by atoms with van der Waals surface area (Å²) in [5, 5.41) is 11.2. The normalized spacial score (nSPS) is 13.3. The van der Waals surface area contributed by atoms with Gasteiger partial charge in [-0.15, -0.1) is 21.5 Å². The van der Waals surface area contributed by atoms with Gasteiger partial charge >= 0.3 is 0 Å². The van der Waals surface area contributed by atoms with Gasteiger partial charge in [-0.3, -0.25) is 4.79 Å². The van der Waals surface area contributed by atoms with Crippen LogP contribution in [0.1, 0.15) is 22.9 Å². The second-order valence-electron chi connectivity index (χ2n) is 6.05. The highest BCUT2D eigenvalue weighted by Gasteiger charge is 2.16. The standard InChI is InChI=1S/C19H17BrN4OS/c20-14-5-3-13(4-6-14)16-9-7-15(26-16)8-10-19(25)21-12-18-23-22-17-2-1-11-24(17)18/h3-10H,1-2,11-12H2,(H,21,25)/b10-8+. The van der Waals surface area contributed by atoms with Gasteiger partial charge in [-0.2, -0.15) is 0 Å². The molecule has 0 atom stereocenters. The molecule has 26 heavy (non-hydrogen) atoms. The summed E-state index contributed by atoms with van der Waals surface area (Å²) in [6.45, 7) is 1.35. The average molecular weight is 429 g/mol. The molecule has 1 aliphatic heterocycles. The zero-order valence-corrected chi connectivity index (χ0v) is 16.4. The molecule has 0 bridgehead atoms. The first-order valence-corrected chi connectivity index (χ1v) is 10.0. The Balaban J connectivity index is 1.35. The second-order valence-corrected chi connectivity index (χ2v) is 8.08. The molecule has 0 saturated carbocycles. The maximum Gasteiger partial charge on any atom is 0.244 e. The number of hydrogen-bond donors (Lipinski definition) is 1. The monoisotopic (exact) mass is 428 g/mol. The number of carbonyl (C=O) groups is 1. The smallest absolute Gasteiger partial charge is 0.244 e. The van der Waals surface area contributed by atoms with Crippen molar-refractivity contribution >= 4 is 39.2 Å². The van der Waals surface area contributed by atoms with Gasteiger partial charge in [0.1, 0.15) is 5.82 Å². The summed E-state index contributed by atoms with van der Waals surface area (Å²) in [6, 6.07) is 12.3. The number of halogens is 1. The van der Waals surface area contributed by atoms with E-state index in [0.717, 1.165) is 40.4 Å². The minimum absolute atomic E-state index is 0.126. The number of fused-ring (bicyclic) bond motifs is 1. The Labute approximate surface area is 163 Å². The molecule has 5 nitrogen and oxygen atoms in total. The molecular formula is C19H17BrN4OS. The van der Waals surface area contributed by atoms with Gasteiger partial charge in [0, 0.05) is 33.3 Å². The van der Waals surface area contributed by atoms with E-state index >= 15 is 0 Å². The molecule has 0 spiro atoms. The van der Waals surface area contributed by atoms with Gasteiger partial charge in [0.2, 0.25) is 5.91 Å². The summed E-state index contributed by atoms with van der Waals surface area (Å²) in [7, 11) is 0. The summed E-state index contributed by atoms with van der Waals surface area (Å²) in [6.07, 6.45) is 5.49. The second kappa shape index (κ2) is 7.55. The van der Waals surface area contributed by atoms with Crippen molar-refractivity contribution in [1.82, 2.24) is 20.1 Å². The van der Waals surface area contributed by atoms with Crippen LogP contribution < -0.4 is 5.32 Å². The van der Waals surface area contributed by atoms with Gasteiger partial charge < -0.3 is 9.88 Å². The molecule has 1 aromatic carbocycles. The zero-order chi connectivity index (χ0) is 17.9. The molecular weight excluding hydrogens is 412 g/mol. The number of benzene rings is 1. The van der Waals surface area contributed by atoms with Crippen molar-refractivity contribution in [2.75, 3.05) is 0 Å². The largest absolute Gasteiger partial charge is 0.345 e. The van der Waals surface area contributed by atoms with Gasteiger partial charge in [0.15, 0.2) is 5.82 Å². The lowest BCUT2D eigenvalue weighted by Gasteiger charge is -2.03. The highest BCUT2D eigenvalue weighted by Crippen LogP contribution is 2.29. The highest BCUT2D eigenvalue weighted by molar-refractivity contribution is 9.10. The molecule has 132 valence electrons. The first-order valence-electron chi connectivity index (χ1n) is 8.42. The summed E-state index contributed by atoms with van der Waals surface area (Å²) >= 11 is 5.10. The van der Waals surface area contributed by atoms with Crippen LogP contribution in [0.2, 0.25) is 0 Å². The molecule has 4 rings (SSSR count). The van der Waals surface area contributed by atoms with Crippen molar-refractivity contribution in [3.05, 3.63) is 63.5 Å². The van der Waals surface area contributed by atoms with Crippen LogP contribution in [0.3, 0.4) is 0 Å². The molecule has 1 aliphatic rings. The quantitative estimate of drug-likeness (QED) is 0.623. The lowest BCUT2D eigenvalue weighted by atomic mass is 10.2. The summed E-state index contributed by atoms with van der Waals surface area (Å²) in [4.78, 5) is 14.3. The Hall–Kier alpha value is -2.25. The highest BCUT2D eigenvalue weighted by atomic mass is 79.9. The van der Waals surface area contributed by atoms with Gasteiger partial charge in [0.05, 0.1) is 6.54 Å². The third kappa shape index (κ3) is 3.78. The van der Waals surface area contributed by atoms with Crippen LogP contribution in [0.15, 0.2) is 46.9 Å². The van der Waals surface area contributed by atoms with Crippen LogP contribution >= 0.6 is 27.3 Å². The molecule has 1 N–H and O–H groups in total. The average Bonchev–Trinajstić information content (AvgIpc) is 3.36. The van der Waals surface area contributed by atoms with Crippen LogP contribution in [-0.4, -0.2) is 20.7 Å². The van der Waals surface area contributed by atoms with Crippen LogP contribution in [0.25, 0.3) is 16.5 Å². The number of nitrogens with zero attached hydrogens (tertiary/aromatic N) is 3. The molecule has 0 aliphatic carbocycles. The predicted molar refractivity (Wildman–Crippen MR) is 107 cm³/mol. The van der Waals surface area contributed by atoms with E-state index in [0.29, 0.717) is 6.54 Å². The molecule has 3 heterocycles. The minimum Gasteiger partial charge on any atom is -0.345 e. The first-order chi connectivity index (χ1) is 12.7. The lowest BCUT2D eigenvalue weighted by molar-refractivity contribution is -0.116. The van der Waals surface area contributed by atoms with Crippen LogP contribution in [0.5, 0.6) is 0 Å². The van der Waals surface area contributed by atoms with Crippen LogP contribution in [-0.2, 0) is 24.3 Å². The molecule has 0 fully saturated rings. The fourth-order valence-electron chi connectivity index (χ4n) is 2.94. The third-order valence-electron chi connectivity index (χ3n) is 4.26. The number of hydrogen-bond acceptors (Lipinski definition) is 4. The van der Waals surface area contributed by atoms with Gasteiger partial charge in [-0.25, -0.2) is 0 Å². The predicted octanol–water partition coefficient (Wildman–Crippen LogP) is 4.04. The number of thiophene rings is 1. The van der Waals surface area contributed by atoms with Crippen molar-refractivity contribution in [2.24, 2.45) is 0 Å². The number of aryl methyl sites for hydroxylation is 1. The van der Waals surface area contributed by atoms with E-state index in [2.05, 4.69) is 54.2 Å². The Morgan fingerprint density at radius 3 is 2.92 bits per heavy atom.